The predicted octanol–water partition coefficient (Wildman–Crippen LogP) is -0.213. The molecule has 2 aromatic rings. The van der Waals surface area contributed by atoms with Crippen LogP contribution in [-0.4, -0.2) is 5.11 Å². The number of halogens is 2. The number of phenols is 1. The summed E-state index contributed by atoms with van der Waals surface area (Å²) in [5, 5.41) is 9.27. The number of benzene rings is 2. The Hall–Kier alpha value is -0.986. The monoisotopic (exact) mass is 409 g/mol. The number of hydrogen-bond donors (Lipinski definition) is 1. The maximum atomic E-state index is 9.27. The van der Waals surface area contributed by atoms with E-state index < -0.39 is 0 Å². The van der Waals surface area contributed by atoms with Gasteiger partial charge in [-0.15, -0.1) is 6.92 Å². The molecule has 1 unspecified atom stereocenters. The van der Waals surface area contributed by atoms with Gasteiger partial charge in [0.05, 0.1) is 0 Å². The van der Waals surface area contributed by atoms with E-state index in [9.17, 15) is 5.11 Å². The first kappa shape index (κ1) is 26.2. The van der Waals surface area contributed by atoms with Crippen LogP contribution in [0.2, 0.25) is 0 Å². The standard InChI is InChI=1S/C12H10O.C9H13.2ClH.Ti/c13-12-8-4-7-11(9-12)10-5-2-1-3-6-10;1-6-5-7(2)9(4)8(6)3;;;/h1-9,13H;6H,1-4H3;2*1H;/q;-1;;;/p-2. The van der Waals surface area contributed by atoms with Crippen LogP contribution in [0.3, 0.4) is 0 Å². The van der Waals surface area contributed by atoms with E-state index in [0.717, 1.165) is 11.1 Å². The number of allylic oxidation sites excluding steroid dienone is 4. The van der Waals surface area contributed by atoms with Gasteiger partial charge in [0, 0.05) is 21.7 Å². The van der Waals surface area contributed by atoms with Crippen molar-refractivity contribution in [3.63, 3.8) is 0 Å². The molecule has 0 saturated heterocycles. The van der Waals surface area contributed by atoms with Crippen LogP contribution in [0.5, 0.6) is 5.75 Å². The van der Waals surface area contributed by atoms with Crippen molar-refractivity contribution in [1.82, 2.24) is 0 Å². The van der Waals surface area contributed by atoms with Gasteiger partial charge in [-0.1, -0.05) is 69.2 Å². The van der Waals surface area contributed by atoms with Gasteiger partial charge in [0.25, 0.3) is 0 Å². The quantitative estimate of drug-likeness (QED) is 0.510. The molecule has 0 radical (unpaired) electrons. The molecule has 0 heterocycles. The molecule has 0 fully saturated rings. The molecule has 25 heavy (non-hydrogen) atoms. The van der Waals surface area contributed by atoms with E-state index in [0.29, 0.717) is 11.7 Å². The van der Waals surface area contributed by atoms with Gasteiger partial charge in [-0.2, -0.15) is 11.1 Å². The number of phenolic OH excluding ortho intramolecular Hbond substituents is 1. The van der Waals surface area contributed by atoms with Crippen molar-refractivity contribution >= 4 is 0 Å². The van der Waals surface area contributed by atoms with Gasteiger partial charge in [0.15, 0.2) is 0 Å². The third-order valence-corrected chi connectivity index (χ3v) is 4.19. The molecular weight excluding hydrogens is 387 g/mol. The van der Waals surface area contributed by atoms with E-state index in [1.807, 2.05) is 42.5 Å². The van der Waals surface area contributed by atoms with Crippen LogP contribution in [0.1, 0.15) is 27.7 Å². The molecule has 1 N–H and O–H groups in total. The second kappa shape index (κ2) is 12.4. The summed E-state index contributed by atoms with van der Waals surface area (Å²) < 4.78 is 0. The molecule has 0 spiro atoms. The van der Waals surface area contributed by atoms with Gasteiger partial charge in [-0.25, -0.2) is 5.57 Å². The normalized spacial score (nSPS) is 14.9. The zero-order valence-corrected chi connectivity index (χ0v) is 18.1. The van der Waals surface area contributed by atoms with Gasteiger partial charge in [0.2, 0.25) is 0 Å². The van der Waals surface area contributed by atoms with Crippen molar-refractivity contribution in [2.24, 2.45) is 5.92 Å². The third kappa shape index (κ3) is 7.42. The van der Waals surface area contributed by atoms with Crippen LogP contribution < -0.4 is 24.8 Å². The zero-order chi connectivity index (χ0) is 16.1. The molecule has 3 rings (SSSR count). The van der Waals surface area contributed by atoms with Gasteiger partial charge in [0.1, 0.15) is 5.75 Å². The van der Waals surface area contributed by atoms with Crippen molar-refractivity contribution in [2.45, 2.75) is 27.7 Å². The van der Waals surface area contributed by atoms with Crippen LogP contribution >= 0.6 is 0 Å². The van der Waals surface area contributed by atoms with Crippen LogP contribution in [0.4, 0.5) is 0 Å². The summed E-state index contributed by atoms with van der Waals surface area (Å²) in [6.45, 7) is 8.67. The fourth-order valence-electron chi connectivity index (χ4n) is 2.48. The fraction of sp³-hybridized carbons (Fsp3) is 0.238. The Balaban J connectivity index is 0. The Bertz CT molecular complexity index is 709. The molecule has 0 saturated carbocycles. The average molecular weight is 410 g/mol. The van der Waals surface area contributed by atoms with Crippen LogP contribution in [-0.2, 0) is 21.7 Å². The summed E-state index contributed by atoms with van der Waals surface area (Å²) in [4.78, 5) is 0. The van der Waals surface area contributed by atoms with E-state index in [1.165, 1.54) is 16.7 Å². The maximum Gasteiger partial charge on any atom is 0.116 e. The first-order chi connectivity index (χ1) is 10.5. The molecule has 134 valence electrons. The smallest absolute Gasteiger partial charge is 0.116 e. The molecule has 2 aromatic carbocycles. The average Bonchev–Trinajstić information content (AvgIpc) is 2.75. The molecule has 1 aliphatic rings. The Kier molecular flexibility index (Phi) is 13.0. The van der Waals surface area contributed by atoms with Gasteiger partial charge in [-0.3, -0.25) is 6.08 Å². The molecule has 1 atom stereocenters. The van der Waals surface area contributed by atoms with Crippen molar-refractivity contribution < 1.29 is 51.6 Å². The van der Waals surface area contributed by atoms with Crippen molar-refractivity contribution in [2.75, 3.05) is 0 Å². The van der Waals surface area contributed by atoms with E-state index >= 15 is 0 Å². The van der Waals surface area contributed by atoms with Crippen LogP contribution in [0.15, 0.2) is 71.3 Å². The summed E-state index contributed by atoms with van der Waals surface area (Å²) in [5.74, 6) is 0.867. The topological polar surface area (TPSA) is 20.2 Å². The van der Waals surface area contributed by atoms with E-state index in [2.05, 4.69) is 33.8 Å². The van der Waals surface area contributed by atoms with Crippen molar-refractivity contribution in [3.05, 3.63) is 77.4 Å². The van der Waals surface area contributed by atoms with Crippen LogP contribution in [0.25, 0.3) is 11.1 Å². The molecule has 1 aliphatic carbocycles. The van der Waals surface area contributed by atoms with E-state index in [1.54, 1.807) is 12.1 Å². The van der Waals surface area contributed by atoms with E-state index in [4.69, 9.17) is 0 Å². The van der Waals surface area contributed by atoms with Gasteiger partial charge < -0.3 is 29.9 Å². The second-order valence-electron chi connectivity index (χ2n) is 5.72. The summed E-state index contributed by atoms with van der Waals surface area (Å²) >= 11 is 0. The summed E-state index contributed by atoms with van der Waals surface area (Å²) in [6, 6.07) is 17.3. The SMILES string of the molecule is CC1=[C-]C(C)C(C)=C1C.Oc1cccc(-c2ccccc2)c1.[Cl-].[Cl-].[Ti]. The predicted molar refractivity (Wildman–Crippen MR) is 93.5 cm³/mol. The summed E-state index contributed by atoms with van der Waals surface area (Å²) in [7, 11) is 0. The first-order valence-corrected chi connectivity index (χ1v) is 7.61. The van der Waals surface area contributed by atoms with Crippen molar-refractivity contribution in [3.8, 4) is 16.9 Å². The Morgan fingerprint density at radius 1 is 0.840 bits per heavy atom. The van der Waals surface area contributed by atoms with Gasteiger partial charge in [-0.05, 0) is 23.3 Å². The van der Waals surface area contributed by atoms with Gasteiger partial charge >= 0.3 is 0 Å². The molecule has 1 nitrogen and oxygen atoms in total. The number of rotatable bonds is 1. The minimum atomic E-state index is 0. The number of hydrogen-bond acceptors (Lipinski definition) is 1. The zero-order valence-electron chi connectivity index (χ0n) is 15.0. The fourth-order valence-corrected chi connectivity index (χ4v) is 2.48. The second-order valence-corrected chi connectivity index (χ2v) is 5.72. The van der Waals surface area contributed by atoms with Crippen molar-refractivity contribution in [1.29, 1.82) is 0 Å². The van der Waals surface area contributed by atoms with Crippen LogP contribution in [0, 0.1) is 12.0 Å². The minimum absolute atomic E-state index is 0. The molecule has 0 bridgehead atoms. The number of aromatic hydroxyl groups is 1. The summed E-state index contributed by atoms with van der Waals surface area (Å²) in [6.07, 6.45) is 3.36. The molecule has 0 amide bonds. The molecule has 4 heteroatoms. The Morgan fingerprint density at radius 2 is 1.40 bits per heavy atom. The third-order valence-electron chi connectivity index (χ3n) is 4.19. The Labute approximate surface area is 179 Å². The summed E-state index contributed by atoms with van der Waals surface area (Å²) in [5.41, 5.74) is 6.41. The minimum Gasteiger partial charge on any atom is -1.00 e. The molecular formula is C21H23Cl2OTi-3. The largest absolute Gasteiger partial charge is 1.00 e. The molecule has 0 aromatic heterocycles. The maximum absolute atomic E-state index is 9.27. The molecule has 0 aliphatic heterocycles. The van der Waals surface area contributed by atoms with E-state index in [-0.39, 0.29) is 46.5 Å². The first-order valence-electron chi connectivity index (χ1n) is 7.61. The Morgan fingerprint density at radius 3 is 1.80 bits per heavy atom.